The highest BCUT2D eigenvalue weighted by Gasteiger charge is 2.53. The van der Waals surface area contributed by atoms with Crippen LogP contribution >= 0.6 is 0 Å². The van der Waals surface area contributed by atoms with E-state index in [9.17, 15) is 13.5 Å². The van der Waals surface area contributed by atoms with Crippen LogP contribution in [-0.2, 0) is 16.6 Å². The van der Waals surface area contributed by atoms with Crippen LogP contribution in [0.25, 0.3) is 0 Å². The van der Waals surface area contributed by atoms with Gasteiger partial charge in [-0.25, -0.2) is 17.7 Å². The minimum atomic E-state index is -3.42. The molecule has 2 unspecified atom stereocenters. The molecule has 2 aliphatic rings. The normalized spacial score (nSPS) is 25.5. The first-order valence-electron chi connectivity index (χ1n) is 11.1. The average Bonchev–Trinajstić information content (AvgIpc) is 2.96. The maximum Gasteiger partial charge on any atom is 0.236 e. The van der Waals surface area contributed by atoms with E-state index in [-0.39, 0.29) is 23.6 Å². The van der Waals surface area contributed by atoms with Crippen molar-refractivity contribution in [2.45, 2.75) is 71.2 Å². The molecule has 2 aromatic rings. The second-order valence-electron chi connectivity index (χ2n) is 9.32. The highest BCUT2D eigenvalue weighted by atomic mass is 32.2. The molecule has 32 heavy (non-hydrogen) atoms. The molecule has 4 rings (SSSR count). The summed E-state index contributed by atoms with van der Waals surface area (Å²) in [6.07, 6.45) is 5.24. The van der Waals surface area contributed by atoms with Gasteiger partial charge in [-0.3, -0.25) is 9.88 Å². The fraction of sp³-hybridized carbons (Fsp3) is 0.565. The van der Waals surface area contributed by atoms with E-state index >= 15 is 0 Å². The number of nitrogens with zero attached hydrogens (tertiary/aromatic N) is 4. The van der Waals surface area contributed by atoms with E-state index in [1.165, 1.54) is 0 Å². The molecule has 1 spiro atoms. The van der Waals surface area contributed by atoms with E-state index in [1.54, 1.807) is 22.8 Å². The van der Waals surface area contributed by atoms with Gasteiger partial charge in [-0.05, 0) is 64.7 Å². The van der Waals surface area contributed by atoms with E-state index in [4.69, 9.17) is 4.74 Å². The van der Waals surface area contributed by atoms with Crippen LogP contribution in [0.15, 0.2) is 30.6 Å². The predicted octanol–water partition coefficient (Wildman–Crippen LogP) is 3.24. The lowest BCUT2D eigenvalue weighted by molar-refractivity contribution is 0.102. The summed E-state index contributed by atoms with van der Waals surface area (Å²) in [5.74, 6) is 1.20. The zero-order chi connectivity index (χ0) is 23.1. The first-order chi connectivity index (χ1) is 15.1. The number of rotatable bonds is 5. The van der Waals surface area contributed by atoms with E-state index in [0.717, 1.165) is 24.9 Å². The monoisotopic (exact) mass is 460 g/mol. The van der Waals surface area contributed by atoms with Crippen LogP contribution in [-0.4, -0.2) is 58.4 Å². The van der Waals surface area contributed by atoms with Crippen LogP contribution in [0.2, 0.25) is 0 Å². The minimum absolute atomic E-state index is 0.0232. The Balaban J connectivity index is 1.54. The Morgan fingerprint density at radius 3 is 2.75 bits per heavy atom. The van der Waals surface area contributed by atoms with Crippen LogP contribution < -0.4 is 9.04 Å². The summed E-state index contributed by atoms with van der Waals surface area (Å²) in [4.78, 5) is 11.0. The molecule has 1 aromatic heterocycles. The summed E-state index contributed by atoms with van der Waals surface area (Å²) in [5, 5.41) is 10.1. The Morgan fingerprint density at radius 1 is 1.28 bits per heavy atom. The molecule has 2 aliphatic heterocycles. The highest BCUT2D eigenvalue weighted by Crippen LogP contribution is 2.44. The molecule has 174 valence electrons. The largest absolute Gasteiger partial charge is 0.504 e. The second-order valence-corrected chi connectivity index (χ2v) is 11.3. The average molecular weight is 461 g/mol. The molecule has 2 fully saturated rings. The SMILES string of the molecule is Cc1cncc(N2C3(CCN(Cc4ccc(O)c(OC(C)C)c4)C(C)C3)CCS2(=O)=O)n1. The number of anilines is 1. The number of sulfonamides is 1. The fourth-order valence-electron chi connectivity index (χ4n) is 4.98. The molecule has 0 radical (unpaired) electrons. The van der Waals surface area contributed by atoms with Crippen molar-refractivity contribution in [3.63, 3.8) is 0 Å². The summed E-state index contributed by atoms with van der Waals surface area (Å²) in [6.45, 7) is 9.32. The number of phenolic OH excluding ortho intramolecular Hbond substituents is 1. The first-order valence-corrected chi connectivity index (χ1v) is 12.7. The zero-order valence-corrected chi connectivity index (χ0v) is 20.0. The highest BCUT2D eigenvalue weighted by molar-refractivity contribution is 7.93. The number of aromatic hydroxyl groups is 1. The lowest BCUT2D eigenvalue weighted by Gasteiger charge is -2.47. The van der Waals surface area contributed by atoms with Crippen molar-refractivity contribution < 1.29 is 18.3 Å². The molecule has 2 atom stereocenters. The number of aromatic nitrogens is 2. The van der Waals surface area contributed by atoms with Crippen molar-refractivity contribution in [3.05, 3.63) is 41.9 Å². The predicted molar refractivity (Wildman–Crippen MR) is 123 cm³/mol. The molecule has 9 heteroatoms. The number of ether oxygens (including phenoxy) is 1. The van der Waals surface area contributed by atoms with E-state index < -0.39 is 15.6 Å². The van der Waals surface area contributed by atoms with Gasteiger partial charge >= 0.3 is 0 Å². The molecule has 0 aliphatic carbocycles. The van der Waals surface area contributed by atoms with Gasteiger partial charge in [0.15, 0.2) is 17.3 Å². The molecule has 3 heterocycles. The molecule has 0 bridgehead atoms. The van der Waals surface area contributed by atoms with Gasteiger partial charge in [0, 0.05) is 25.3 Å². The Morgan fingerprint density at radius 2 is 2.06 bits per heavy atom. The topological polar surface area (TPSA) is 95.9 Å². The standard InChI is InChI=1S/C23H32N4O4S/c1-16(2)31-21-11-19(5-6-20(21)28)15-26-9-7-23(12-18(26)4)8-10-32(29,30)27(23)22-14-24-13-17(3)25-22/h5-6,11,13-14,16,18,28H,7-10,12,15H2,1-4H3. The zero-order valence-electron chi connectivity index (χ0n) is 19.2. The van der Waals surface area contributed by atoms with Gasteiger partial charge in [0.25, 0.3) is 0 Å². The number of aryl methyl sites for hydroxylation is 1. The summed E-state index contributed by atoms with van der Waals surface area (Å²) in [6, 6.07) is 5.65. The lowest BCUT2D eigenvalue weighted by atomic mass is 9.81. The molecule has 1 N–H and O–H groups in total. The van der Waals surface area contributed by atoms with Gasteiger partial charge in [0.2, 0.25) is 10.0 Å². The maximum atomic E-state index is 13.0. The molecular weight excluding hydrogens is 428 g/mol. The van der Waals surface area contributed by atoms with Crippen LogP contribution in [0.1, 0.15) is 51.3 Å². The Kier molecular flexibility index (Phi) is 6.06. The smallest absolute Gasteiger partial charge is 0.236 e. The third-order valence-electron chi connectivity index (χ3n) is 6.42. The molecule has 0 saturated carbocycles. The molecule has 2 saturated heterocycles. The number of likely N-dealkylation sites (tertiary alicyclic amines) is 1. The second kappa shape index (κ2) is 8.51. The van der Waals surface area contributed by atoms with Crippen LogP contribution in [0.5, 0.6) is 11.5 Å². The summed E-state index contributed by atoms with van der Waals surface area (Å²) < 4.78 is 33.3. The van der Waals surface area contributed by atoms with Crippen molar-refractivity contribution in [2.24, 2.45) is 0 Å². The third kappa shape index (κ3) is 4.41. The van der Waals surface area contributed by atoms with Gasteiger partial charge in [-0.1, -0.05) is 6.07 Å². The van der Waals surface area contributed by atoms with Crippen molar-refractivity contribution in [1.82, 2.24) is 14.9 Å². The Bertz CT molecular complexity index is 1090. The van der Waals surface area contributed by atoms with Gasteiger partial charge in [0.1, 0.15) is 0 Å². The molecule has 1 aromatic carbocycles. The van der Waals surface area contributed by atoms with Crippen molar-refractivity contribution in [2.75, 3.05) is 16.6 Å². The fourth-order valence-corrected chi connectivity index (χ4v) is 7.02. The summed E-state index contributed by atoms with van der Waals surface area (Å²) in [5.41, 5.74) is 1.30. The minimum Gasteiger partial charge on any atom is -0.504 e. The van der Waals surface area contributed by atoms with Crippen molar-refractivity contribution >= 4 is 15.8 Å². The van der Waals surface area contributed by atoms with Crippen molar-refractivity contribution in [3.8, 4) is 11.5 Å². The van der Waals surface area contributed by atoms with Gasteiger partial charge in [-0.2, -0.15) is 0 Å². The van der Waals surface area contributed by atoms with Gasteiger partial charge in [-0.15, -0.1) is 0 Å². The Labute approximate surface area is 190 Å². The van der Waals surface area contributed by atoms with Crippen LogP contribution in [0, 0.1) is 6.92 Å². The molecule has 8 nitrogen and oxygen atoms in total. The van der Waals surface area contributed by atoms with Crippen LogP contribution in [0.4, 0.5) is 5.82 Å². The van der Waals surface area contributed by atoms with E-state index in [1.807, 2.05) is 32.9 Å². The molecule has 0 amide bonds. The lowest BCUT2D eigenvalue weighted by Crippen LogP contribution is -2.56. The van der Waals surface area contributed by atoms with Gasteiger partial charge < -0.3 is 9.84 Å². The Hall–Kier alpha value is -2.39. The number of piperidine rings is 1. The number of phenols is 1. The molecular formula is C23H32N4O4S. The number of hydrogen-bond acceptors (Lipinski definition) is 7. The van der Waals surface area contributed by atoms with Crippen LogP contribution in [0.3, 0.4) is 0 Å². The third-order valence-corrected chi connectivity index (χ3v) is 8.27. The maximum absolute atomic E-state index is 13.0. The summed E-state index contributed by atoms with van der Waals surface area (Å²) >= 11 is 0. The summed E-state index contributed by atoms with van der Waals surface area (Å²) in [7, 11) is -3.42. The van der Waals surface area contributed by atoms with Crippen molar-refractivity contribution in [1.29, 1.82) is 0 Å². The van der Waals surface area contributed by atoms with E-state index in [0.29, 0.717) is 30.2 Å². The van der Waals surface area contributed by atoms with E-state index in [2.05, 4.69) is 21.8 Å². The first kappa shape index (κ1) is 22.8. The number of hydrogen-bond donors (Lipinski definition) is 1. The number of benzene rings is 1. The van der Waals surface area contributed by atoms with Gasteiger partial charge in [0.05, 0.1) is 29.3 Å². The quantitative estimate of drug-likeness (QED) is 0.732.